The lowest BCUT2D eigenvalue weighted by Gasteiger charge is -2.25. The van der Waals surface area contributed by atoms with Crippen LogP contribution < -0.4 is 5.73 Å². The molecule has 1 aromatic carbocycles. The molecule has 18 heavy (non-hydrogen) atoms. The molecule has 0 heterocycles. The van der Waals surface area contributed by atoms with Crippen molar-refractivity contribution in [1.29, 1.82) is 0 Å². The maximum absolute atomic E-state index is 12.5. The van der Waals surface area contributed by atoms with Crippen molar-refractivity contribution in [1.82, 2.24) is 4.31 Å². The molecule has 0 aliphatic rings. The minimum Gasteiger partial charge on any atom is -0.398 e. The lowest BCUT2D eigenvalue weighted by molar-refractivity contribution is 0.383. The van der Waals surface area contributed by atoms with Crippen LogP contribution in [0.3, 0.4) is 0 Å². The fourth-order valence-electron chi connectivity index (χ4n) is 1.74. The predicted octanol–water partition coefficient (Wildman–Crippen LogP) is 2.16. The zero-order chi connectivity index (χ0) is 13.9. The normalized spacial score (nSPS) is 12.1. The number of aryl methyl sites for hydroxylation is 1. The zero-order valence-corrected chi connectivity index (χ0v) is 11.9. The van der Waals surface area contributed by atoms with E-state index in [9.17, 15) is 8.42 Å². The number of nitrogens with zero attached hydrogens (tertiary/aromatic N) is 1. The van der Waals surface area contributed by atoms with Crippen molar-refractivity contribution in [2.45, 2.75) is 31.7 Å². The highest BCUT2D eigenvalue weighted by molar-refractivity contribution is 7.89. The van der Waals surface area contributed by atoms with Gasteiger partial charge in [0.05, 0.1) is 5.69 Å². The standard InChI is InChI=1S/C13H20N2O2S/c1-5-8-15(10(2)3)18(16,17)13-7-6-11(4)9-12(13)14/h5-7,9-10H,1,8,14H2,2-4H3. The van der Waals surface area contributed by atoms with Gasteiger partial charge in [-0.15, -0.1) is 6.58 Å². The van der Waals surface area contributed by atoms with E-state index in [0.29, 0.717) is 0 Å². The van der Waals surface area contributed by atoms with Gasteiger partial charge >= 0.3 is 0 Å². The molecule has 0 fully saturated rings. The minimum atomic E-state index is -3.57. The van der Waals surface area contributed by atoms with Crippen LogP contribution in [0.5, 0.6) is 0 Å². The van der Waals surface area contributed by atoms with Gasteiger partial charge in [0.25, 0.3) is 0 Å². The van der Waals surface area contributed by atoms with Gasteiger partial charge in [0.2, 0.25) is 10.0 Å². The van der Waals surface area contributed by atoms with Gasteiger partial charge in [-0.1, -0.05) is 12.1 Å². The third-order valence-corrected chi connectivity index (χ3v) is 4.75. The Morgan fingerprint density at radius 3 is 2.50 bits per heavy atom. The fourth-order valence-corrected chi connectivity index (χ4v) is 3.45. The fraction of sp³-hybridized carbons (Fsp3) is 0.385. The molecular formula is C13H20N2O2S. The van der Waals surface area contributed by atoms with E-state index >= 15 is 0 Å². The Morgan fingerprint density at radius 1 is 1.44 bits per heavy atom. The van der Waals surface area contributed by atoms with E-state index in [1.807, 2.05) is 20.8 Å². The second kappa shape index (κ2) is 5.54. The lowest BCUT2D eigenvalue weighted by Crippen LogP contribution is -2.37. The number of nitrogens with two attached hydrogens (primary N) is 1. The first-order valence-corrected chi connectivity index (χ1v) is 7.23. The van der Waals surface area contributed by atoms with Crippen LogP contribution in [0.1, 0.15) is 19.4 Å². The molecule has 5 heteroatoms. The van der Waals surface area contributed by atoms with Crippen LogP contribution in [0.25, 0.3) is 0 Å². The molecule has 0 saturated heterocycles. The van der Waals surface area contributed by atoms with Gasteiger partial charge in [0.15, 0.2) is 0 Å². The number of sulfonamides is 1. The summed E-state index contributed by atoms with van der Waals surface area (Å²) in [6.07, 6.45) is 1.57. The van der Waals surface area contributed by atoms with Gasteiger partial charge in [-0.3, -0.25) is 0 Å². The van der Waals surface area contributed by atoms with Crippen molar-refractivity contribution in [2.75, 3.05) is 12.3 Å². The second-order valence-electron chi connectivity index (χ2n) is 4.50. The van der Waals surface area contributed by atoms with Crippen LogP contribution in [0.4, 0.5) is 5.69 Å². The second-order valence-corrected chi connectivity index (χ2v) is 6.36. The molecule has 0 spiro atoms. The summed E-state index contributed by atoms with van der Waals surface area (Å²) in [5.41, 5.74) is 7.03. The van der Waals surface area contributed by atoms with E-state index in [1.165, 1.54) is 4.31 Å². The predicted molar refractivity (Wildman–Crippen MR) is 74.8 cm³/mol. The number of hydrogen-bond acceptors (Lipinski definition) is 3. The average molecular weight is 268 g/mol. The number of rotatable bonds is 5. The quantitative estimate of drug-likeness (QED) is 0.657. The molecule has 0 radical (unpaired) electrons. The molecule has 0 aromatic heterocycles. The summed E-state index contributed by atoms with van der Waals surface area (Å²) in [5, 5.41) is 0. The highest BCUT2D eigenvalue weighted by Crippen LogP contribution is 2.24. The summed E-state index contributed by atoms with van der Waals surface area (Å²) in [4.78, 5) is 0.156. The first kappa shape index (κ1) is 14.7. The maximum Gasteiger partial charge on any atom is 0.245 e. The monoisotopic (exact) mass is 268 g/mol. The van der Waals surface area contributed by atoms with Crippen LogP contribution in [-0.4, -0.2) is 25.3 Å². The lowest BCUT2D eigenvalue weighted by atomic mass is 10.2. The smallest absolute Gasteiger partial charge is 0.245 e. The van der Waals surface area contributed by atoms with E-state index in [0.717, 1.165) is 5.56 Å². The molecule has 2 N–H and O–H groups in total. The van der Waals surface area contributed by atoms with Gasteiger partial charge in [-0.05, 0) is 38.5 Å². The van der Waals surface area contributed by atoms with Gasteiger partial charge in [-0.25, -0.2) is 8.42 Å². The Bertz CT molecular complexity index is 536. The SMILES string of the molecule is C=CCN(C(C)C)S(=O)(=O)c1ccc(C)cc1N. The van der Waals surface area contributed by atoms with E-state index in [4.69, 9.17) is 5.73 Å². The molecule has 0 atom stereocenters. The first-order valence-electron chi connectivity index (χ1n) is 5.79. The summed E-state index contributed by atoms with van der Waals surface area (Å²) >= 11 is 0. The molecule has 100 valence electrons. The summed E-state index contributed by atoms with van der Waals surface area (Å²) in [6, 6.07) is 4.82. The highest BCUT2D eigenvalue weighted by atomic mass is 32.2. The topological polar surface area (TPSA) is 63.4 Å². The maximum atomic E-state index is 12.5. The van der Waals surface area contributed by atoms with E-state index in [-0.39, 0.29) is 23.2 Å². The number of benzene rings is 1. The van der Waals surface area contributed by atoms with Crippen LogP contribution in [-0.2, 0) is 10.0 Å². The van der Waals surface area contributed by atoms with Crippen molar-refractivity contribution >= 4 is 15.7 Å². The van der Waals surface area contributed by atoms with Crippen LogP contribution in [0.15, 0.2) is 35.7 Å². The van der Waals surface area contributed by atoms with Crippen molar-refractivity contribution in [2.24, 2.45) is 0 Å². The molecule has 0 aliphatic carbocycles. The Hall–Kier alpha value is -1.33. The Balaban J connectivity index is 3.30. The molecule has 1 rings (SSSR count). The largest absolute Gasteiger partial charge is 0.398 e. The number of nitrogen functional groups attached to an aromatic ring is 1. The summed E-state index contributed by atoms with van der Waals surface area (Å²) in [7, 11) is -3.57. The summed E-state index contributed by atoms with van der Waals surface area (Å²) < 4.78 is 26.4. The van der Waals surface area contributed by atoms with Crippen LogP contribution >= 0.6 is 0 Å². The molecule has 0 unspecified atom stereocenters. The van der Waals surface area contributed by atoms with Crippen molar-refractivity contribution in [3.8, 4) is 0 Å². The van der Waals surface area contributed by atoms with E-state index in [1.54, 1.807) is 24.3 Å². The third kappa shape index (κ3) is 2.91. The number of anilines is 1. The Kier molecular flexibility index (Phi) is 4.53. The molecule has 4 nitrogen and oxygen atoms in total. The molecule has 0 amide bonds. The Labute approximate surface area is 109 Å². The molecule has 0 aliphatic heterocycles. The van der Waals surface area contributed by atoms with Crippen molar-refractivity contribution < 1.29 is 8.42 Å². The summed E-state index contributed by atoms with van der Waals surface area (Å²) in [5.74, 6) is 0. The first-order chi connectivity index (χ1) is 8.30. The van der Waals surface area contributed by atoms with Crippen LogP contribution in [0.2, 0.25) is 0 Å². The zero-order valence-electron chi connectivity index (χ0n) is 11.1. The molecule has 0 saturated carbocycles. The van der Waals surface area contributed by atoms with Gasteiger partial charge in [0.1, 0.15) is 4.90 Å². The van der Waals surface area contributed by atoms with E-state index < -0.39 is 10.0 Å². The number of hydrogen-bond donors (Lipinski definition) is 1. The minimum absolute atomic E-state index is 0.145. The molecule has 1 aromatic rings. The summed E-state index contributed by atoms with van der Waals surface area (Å²) in [6.45, 7) is 9.38. The average Bonchev–Trinajstić information content (AvgIpc) is 2.24. The van der Waals surface area contributed by atoms with Gasteiger partial charge < -0.3 is 5.73 Å². The van der Waals surface area contributed by atoms with Crippen molar-refractivity contribution in [3.05, 3.63) is 36.4 Å². The van der Waals surface area contributed by atoms with Crippen LogP contribution in [0, 0.1) is 6.92 Å². The molecular weight excluding hydrogens is 248 g/mol. The highest BCUT2D eigenvalue weighted by Gasteiger charge is 2.27. The molecule has 0 bridgehead atoms. The third-order valence-electron chi connectivity index (χ3n) is 2.64. The van der Waals surface area contributed by atoms with Gasteiger partial charge in [-0.2, -0.15) is 4.31 Å². The van der Waals surface area contributed by atoms with E-state index in [2.05, 4.69) is 6.58 Å². The van der Waals surface area contributed by atoms with Gasteiger partial charge in [0, 0.05) is 12.6 Å². The van der Waals surface area contributed by atoms with Crippen molar-refractivity contribution in [3.63, 3.8) is 0 Å². The Morgan fingerprint density at radius 2 is 2.06 bits per heavy atom.